The highest BCUT2D eigenvalue weighted by Gasteiger charge is 2.07. The minimum absolute atomic E-state index is 0.665. The van der Waals surface area contributed by atoms with Crippen molar-refractivity contribution in [2.24, 2.45) is 4.99 Å². The maximum absolute atomic E-state index is 6.10. The number of nitrogens with one attached hydrogen (secondary N) is 3. The van der Waals surface area contributed by atoms with Gasteiger partial charge in [0, 0.05) is 66.9 Å². The Hall–Kier alpha value is -3.80. The fourth-order valence-corrected chi connectivity index (χ4v) is 2.97. The van der Waals surface area contributed by atoms with Gasteiger partial charge in [-0.2, -0.15) is 0 Å². The normalized spacial score (nSPS) is 10.7. The number of anilines is 4. The van der Waals surface area contributed by atoms with Crippen LogP contribution in [0.5, 0.6) is 0 Å². The van der Waals surface area contributed by atoms with Crippen LogP contribution in [0.25, 0.3) is 5.70 Å². The van der Waals surface area contributed by atoms with Gasteiger partial charge in [0.2, 0.25) is 0 Å². The van der Waals surface area contributed by atoms with E-state index >= 15 is 0 Å². The molecule has 6 nitrogen and oxygen atoms in total. The molecule has 0 saturated heterocycles. The maximum atomic E-state index is 6.10. The number of rotatable bonds is 8. The summed E-state index contributed by atoms with van der Waals surface area (Å²) in [5, 5.41) is 9.89. The summed E-state index contributed by atoms with van der Waals surface area (Å²) in [6.45, 7) is 4.89. The second-order valence-electron chi connectivity index (χ2n) is 6.53. The first-order valence-corrected chi connectivity index (χ1v) is 9.34. The third-order valence-corrected chi connectivity index (χ3v) is 4.47. The van der Waals surface area contributed by atoms with Crippen LogP contribution in [0.3, 0.4) is 0 Å². The van der Waals surface area contributed by atoms with Crippen LogP contribution in [0.2, 0.25) is 0 Å². The standard InChI is InChI=1S/C23H26N6/c1-16(29-19-9-8-18(15-25-2)21(24)13-19)20-6-4-5-7-22(20)28-14-17-10-11-27-23(12-17)26-3/h4-13,15,28-29H,1,14,24H2,2-3H3,(H,26,27). The number of pyridine rings is 1. The van der Waals surface area contributed by atoms with Gasteiger partial charge in [0.1, 0.15) is 5.82 Å². The third kappa shape index (κ3) is 5.13. The van der Waals surface area contributed by atoms with E-state index in [0.29, 0.717) is 12.2 Å². The number of benzene rings is 2. The molecule has 0 bridgehead atoms. The summed E-state index contributed by atoms with van der Waals surface area (Å²) >= 11 is 0. The number of nitrogens with two attached hydrogens (primary N) is 1. The summed E-state index contributed by atoms with van der Waals surface area (Å²) in [6, 6.07) is 17.9. The van der Waals surface area contributed by atoms with Crippen molar-refractivity contribution in [2.45, 2.75) is 6.54 Å². The van der Waals surface area contributed by atoms with Gasteiger partial charge in [-0.05, 0) is 42.0 Å². The number of nitrogens with zero attached hydrogens (tertiary/aromatic N) is 2. The number of aliphatic imine (C=N–C) groups is 1. The van der Waals surface area contributed by atoms with Crippen LogP contribution >= 0.6 is 0 Å². The molecule has 29 heavy (non-hydrogen) atoms. The minimum atomic E-state index is 0.665. The first-order valence-electron chi connectivity index (χ1n) is 9.34. The molecule has 1 aromatic heterocycles. The molecule has 6 heteroatoms. The molecular formula is C23H26N6. The van der Waals surface area contributed by atoms with E-state index in [1.54, 1.807) is 19.5 Å². The second kappa shape index (κ2) is 9.41. The van der Waals surface area contributed by atoms with Gasteiger partial charge in [0.15, 0.2) is 0 Å². The molecule has 0 saturated carbocycles. The van der Waals surface area contributed by atoms with Crippen LogP contribution in [0.1, 0.15) is 16.7 Å². The van der Waals surface area contributed by atoms with Gasteiger partial charge in [-0.3, -0.25) is 4.99 Å². The minimum Gasteiger partial charge on any atom is -0.398 e. The van der Waals surface area contributed by atoms with Crippen LogP contribution < -0.4 is 21.7 Å². The lowest BCUT2D eigenvalue weighted by Gasteiger charge is -2.16. The van der Waals surface area contributed by atoms with Gasteiger partial charge in [0.25, 0.3) is 0 Å². The molecule has 0 radical (unpaired) electrons. The smallest absolute Gasteiger partial charge is 0.125 e. The molecular weight excluding hydrogens is 360 g/mol. The molecule has 0 spiro atoms. The van der Waals surface area contributed by atoms with Crippen molar-refractivity contribution in [3.05, 3.63) is 84.1 Å². The van der Waals surface area contributed by atoms with E-state index in [1.165, 1.54) is 0 Å². The van der Waals surface area contributed by atoms with E-state index in [9.17, 15) is 0 Å². The molecule has 0 atom stereocenters. The summed E-state index contributed by atoms with van der Waals surface area (Å²) in [4.78, 5) is 8.26. The Balaban J connectivity index is 1.73. The molecule has 1 heterocycles. The average Bonchev–Trinajstić information content (AvgIpc) is 2.74. The van der Waals surface area contributed by atoms with Crippen LogP contribution in [0, 0.1) is 0 Å². The lowest BCUT2D eigenvalue weighted by molar-refractivity contribution is 1.12. The highest BCUT2D eigenvalue weighted by Crippen LogP contribution is 2.26. The SMILES string of the molecule is C=C(Nc1ccc(C=NC)c(N)c1)c1ccccc1NCc1ccnc(NC)c1. The number of nitrogen functional groups attached to an aromatic ring is 1. The Bertz CT molecular complexity index is 1030. The van der Waals surface area contributed by atoms with Gasteiger partial charge in [-0.1, -0.05) is 24.8 Å². The summed E-state index contributed by atoms with van der Waals surface area (Å²) in [5.41, 5.74) is 12.5. The highest BCUT2D eigenvalue weighted by molar-refractivity contribution is 5.89. The lowest BCUT2D eigenvalue weighted by atomic mass is 10.1. The molecule has 0 fully saturated rings. The van der Waals surface area contributed by atoms with E-state index in [2.05, 4.69) is 32.5 Å². The van der Waals surface area contributed by atoms with E-state index in [4.69, 9.17) is 5.73 Å². The van der Waals surface area contributed by atoms with Crippen molar-refractivity contribution < 1.29 is 0 Å². The largest absolute Gasteiger partial charge is 0.398 e. The Kier molecular flexibility index (Phi) is 6.47. The molecule has 3 aromatic rings. The number of hydrogen-bond acceptors (Lipinski definition) is 6. The fraction of sp³-hybridized carbons (Fsp3) is 0.130. The van der Waals surface area contributed by atoms with Crippen molar-refractivity contribution in [3.8, 4) is 0 Å². The van der Waals surface area contributed by atoms with Gasteiger partial charge in [-0.25, -0.2) is 4.98 Å². The average molecular weight is 387 g/mol. The van der Waals surface area contributed by atoms with Gasteiger partial charge >= 0.3 is 0 Å². The molecule has 148 valence electrons. The Morgan fingerprint density at radius 1 is 1.17 bits per heavy atom. The molecule has 0 unspecified atom stereocenters. The number of aromatic nitrogens is 1. The Morgan fingerprint density at radius 3 is 2.76 bits per heavy atom. The van der Waals surface area contributed by atoms with Gasteiger partial charge in [-0.15, -0.1) is 0 Å². The van der Waals surface area contributed by atoms with Crippen molar-refractivity contribution in [2.75, 3.05) is 35.8 Å². The second-order valence-corrected chi connectivity index (χ2v) is 6.53. The fourth-order valence-electron chi connectivity index (χ4n) is 2.97. The van der Waals surface area contributed by atoms with Crippen molar-refractivity contribution in [1.29, 1.82) is 0 Å². The van der Waals surface area contributed by atoms with Crippen molar-refractivity contribution >= 4 is 34.8 Å². The summed E-state index contributed by atoms with van der Waals surface area (Å²) in [6.07, 6.45) is 3.54. The van der Waals surface area contributed by atoms with Crippen LogP contribution in [0.15, 0.2) is 72.4 Å². The quantitative estimate of drug-likeness (QED) is 0.339. The van der Waals surface area contributed by atoms with E-state index in [0.717, 1.165) is 39.6 Å². The van der Waals surface area contributed by atoms with Crippen molar-refractivity contribution in [1.82, 2.24) is 4.98 Å². The Labute approximate surface area is 171 Å². The summed E-state index contributed by atoms with van der Waals surface area (Å²) in [7, 11) is 3.59. The molecule has 0 aliphatic rings. The predicted octanol–water partition coefficient (Wildman–Crippen LogP) is 4.45. The summed E-state index contributed by atoms with van der Waals surface area (Å²) < 4.78 is 0. The molecule has 0 aliphatic carbocycles. The number of hydrogen-bond donors (Lipinski definition) is 4. The van der Waals surface area contributed by atoms with E-state index in [1.807, 2.05) is 61.6 Å². The van der Waals surface area contributed by atoms with Crippen molar-refractivity contribution in [3.63, 3.8) is 0 Å². The first-order chi connectivity index (χ1) is 14.1. The number of para-hydroxylation sites is 1. The molecule has 0 aliphatic heterocycles. The molecule has 5 N–H and O–H groups in total. The zero-order chi connectivity index (χ0) is 20.6. The first kappa shape index (κ1) is 19.9. The van der Waals surface area contributed by atoms with Crippen LogP contribution in [0.4, 0.5) is 22.9 Å². The van der Waals surface area contributed by atoms with Crippen LogP contribution in [-0.4, -0.2) is 25.3 Å². The zero-order valence-corrected chi connectivity index (χ0v) is 16.7. The van der Waals surface area contributed by atoms with Crippen LogP contribution in [-0.2, 0) is 6.54 Å². The summed E-state index contributed by atoms with van der Waals surface area (Å²) in [5.74, 6) is 0.845. The lowest BCUT2D eigenvalue weighted by Crippen LogP contribution is -2.06. The van der Waals surface area contributed by atoms with E-state index < -0.39 is 0 Å². The Morgan fingerprint density at radius 2 is 2.00 bits per heavy atom. The molecule has 0 amide bonds. The molecule has 2 aromatic carbocycles. The zero-order valence-electron chi connectivity index (χ0n) is 16.7. The van der Waals surface area contributed by atoms with Gasteiger partial charge in [0.05, 0.1) is 0 Å². The predicted molar refractivity (Wildman–Crippen MR) is 125 cm³/mol. The maximum Gasteiger partial charge on any atom is 0.125 e. The molecule has 3 rings (SSSR count). The van der Waals surface area contributed by atoms with Gasteiger partial charge < -0.3 is 21.7 Å². The monoisotopic (exact) mass is 386 g/mol. The highest BCUT2D eigenvalue weighted by atomic mass is 15.0. The third-order valence-electron chi connectivity index (χ3n) is 4.47. The van der Waals surface area contributed by atoms with E-state index in [-0.39, 0.29) is 0 Å². The topological polar surface area (TPSA) is 87.4 Å².